The van der Waals surface area contributed by atoms with Gasteiger partial charge in [-0.2, -0.15) is 0 Å². The number of pyridine rings is 2. The molecule has 0 fully saturated rings. The second-order valence-corrected chi connectivity index (χ2v) is 12.8. The standard InChI is InChI=1S/C22H22N.C20H18N.Ir/c1-22(2,3)16-17-13-14-23-21(15-17)20-11-9-19(10-12-20)18-7-5-4-6-8-18;1-20(2,17-12-7-4-8-13-17)18-14-9-15-21-19(18)16-10-5-3-6-11-16;/h4-11,13-15H,16H2,1-3H3;3-10,12-15H,1-2H3;/q2*-1;. The molecule has 0 amide bonds. The summed E-state index contributed by atoms with van der Waals surface area (Å²) in [5.41, 5.74) is 10.5. The van der Waals surface area contributed by atoms with Crippen molar-refractivity contribution in [3.05, 3.63) is 169 Å². The molecule has 0 saturated carbocycles. The second kappa shape index (κ2) is 15.2. The van der Waals surface area contributed by atoms with Crippen molar-refractivity contribution in [3.63, 3.8) is 0 Å². The fourth-order valence-electron chi connectivity index (χ4n) is 5.41. The van der Waals surface area contributed by atoms with E-state index in [1.807, 2.05) is 48.8 Å². The van der Waals surface area contributed by atoms with Crippen LogP contribution in [0.3, 0.4) is 0 Å². The van der Waals surface area contributed by atoms with Crippen LogP contribution in [0.2, 0.25) is 0 Å². The Balaban J connectivity index is 0.000000201. The van der Waals surface area contributed by atoms with Gasteiger partial charge < -0.3 is 9.97 Å². The summed E-state index contributed by atoms with van der Waals surface area (Å²) in [4.78, 5) is 9.12. The van der Waals surface area contributed by atoms with Gasteiger partial charge in [-0.25, -0.2) is 0 Å². The van der Waals surface area contributed by atoms with Crippen molar-refractivity contribution in [1.29, 1.82) is 0 Å². The minimum absolute atomic E-state index is 0. The molecule has 229 valence electrons. The van der Waals surface area contributed by atoms with Crippen molar-refractivity contribution in [2.45, 2.75) is 46.5 Å². The molecule has 0 spiro atoms. The van der Waals surface area contributed by atoms with Crippen LogP contribution < -0.4 is 0 Å². The first-order valence-corrected chi connectivity index (χ1v) is 15.2. The van der Waals surface area contributed by atoms with Gasteiger partial charge in [0.1, 0.15) is 0 Å². The molecule has 2 aromatic heterocycles. The fraction of sp³-hybridized carbons (Fsp3) is 0.190. The van der Waals surface area contributed by atoms with Gasteiger partial charge >= 0.3 is 0 Å². The Morgan fingerprint density at radius 1 is 0.600 bits per heavy atom. The summed E-state index contributed by atoms with van der Waals surface area (Å²) in [5.74, 6) is 0. The minimum atomic E-state index is -0.103. The summed E-state index contributed by atoms with van der Waals surface area (Å²) >= 11 is 0. The summed E-state index contributed by atoms with van der Waals surface area (Å²) in [6, 6.07) is 50.4. The molecule has 1 radical (unpaired) electrons. The van der Waals surface area contributed by atoms with Crippen molar-refractivity contribution >= 4 is 0 Å². The van der Waals surface area contributed by atoms with Gasteiger partial charge in [0.2, 0.25) is 0 Å². The zero-order valence-corrected chi connectivity index (χ0v) is 29.1. The van der Waals surface area contributed by atoms with Crippen molar-refractivity contribution in [3.8, 4) is 33.6 Å². The molecule has 0 unspecified atom stereocenters. The van der Waals surface area contributed by atoms with Crippen LogP contribution in [0.5, 0.6) is 0 Å². The average molecular weight is 765 g/mol. The van der Waals surface area contributed by atoms with Gasteiger partial charge in [0, 0.05) is 37.9 Å². The average Bonchev–Trinajstić information content (AvgIpc) is 3.06. The summed E-state index contributed by atoms with van der Waals surface area (Å²) in [7, 11) is 0. The van der Waals surface area contributed by atoms with Crippen LogP contribution in [0.25, 0.3) is 33.6 Å². The SMILES string of the molecule is CC(C)(C)Cc1ccnc(-c2[c-]cc(-c3ccccc3)cc2)c1.CC(C)(c1ccccc1)c1cccnc1-c1[c-]cccc1.[Ir]. The van der Waals surface area contributed by atoms with Gasteiger partial charge in [-0.1, -0.05) is 130 Å². The van der Waals surface area contributed by atoms with Crippen molar-refractivity contribution in [1.82, 2.24) is 9.97 Å². The predicted octanol–water partition coefficient (Wildman–Crippen LogP) is 10.7. The van der Waals surface area contributed by atoms with E-state index in [2.05, 4.69) is 148 Å². The van der Waals surface area contributed by atoms with E-state index in [1.54, 1.807) is 0 Å². The normalized spacial score (nSPS) is 11.1. The number of hydrogen-bond donors (Lipinski definition) is 0. The quantitative estimate of drug-likeness (QED) is 0.158. The predicted molar refractivity (Wildman–Crippen MR) is 184 cm³/mol. The Morgan fingerprint density at radius 2 is 1.31 bits per heavy atom. The van der Waals surface area contributed by atoms with E-state index in [0.717, 1.165) is 28.9 Å². The Labute approximate surface area is 283 Å². The molecular formula is C42H40IrN2-2. The molecule has 6 rings (SSSR count). The van der Waals surface area contributed by atoms with Crippen LogP contribution >= 0.6 is 0 Å². The Kier molecular flexibility index (Phi) is 11.4. The molecular weight excluding hydrogens is 725 g/mol. The molecule has 0 N–H and O–H groups in total. The first-order chi connectivity index (χ1) is 21.2. The molecule has 0 aliphatic carbocycles. The largest absolute Gasteiger partial charge is 0.305 e. The zero-order chi connectivity index (χ0) is 31.0. The van der Waals surface area contributed by atoms with Crippen LogP contribution in [0.1, 0.15) is 51.3 Å². The van der Waals surface area contributed by atoms with Gasteiger partial charge in [0.05, 0.1) is 0 Å². The molecule has 2 heterocycles. The Bertz CT molecular complexity index is 1760. The molecule has 0 bridgehead atoms. The van der Waals surface area contributed by atoms with Crippen molar-refractivity contribution < 1.29 is 20.1 Å². The van der Waals surface area contributed by atoms with E-state index in [0.29, 0.717) is 0 Å². The number of nitrogens with zero attached hydrogens (tertiary/aromatic N) is 2. The van der Waals surface area contributed by atoms with Crippen LogP contribution in [0.4, 0.5) is 0 Å². The summed E-state index contributed by atoms with van der Waals surface area (Å²) in [5, 5.41) is 0. The summed E-state index contributed by atoms with van der Waals surface area (Å²) < 4.78 is 0. The van der Waals surface area contributed by atoms with Gasteiger partial charge in [0.15, 0.2) is 0 Å². The maximum Gasteiger partial charge on any atom is 0.0163 e. The van der Waals surface area contributed by atoms with Gasteiger partial charge in [-0.15, -0.1) is 65.7 Å². The fourth-order valence-corrected chi connectivity index (χ4v) is 5.41. The zero-order valence-electron chi connectivity index (χ0n) is 26.7. The molecule has 3 heteroatoms. The minimum Gasteiger partial charge on any atom is -0.305 e. The molecule has 2 nitrogen and oxygen atoms in total. The molecule has 0 saturated heterocycles. The second-order valence-electron chi connectivity index (χ2n) is 12.8. The maximum atomic E-state index is 4.61. The van der Waals surface area contributed by atoms with Gasteiger partial charge in [-0.05, 0) is 40.9 Å². The molecule has 45 heavy (non-hydrogen) atoms. The first kappa shape index (κ1) is 33.7. The summed E-state index contributed by atoms with van der Waals surface area (Å²) in [6.45, 7) is 11.3. The van der Waals surface area contributed by atoms with Crippen molar-refractivity contribution in [2.75, 3.05) is 0 Å². The van der Waals surface area contributed by atoms with E-state index < -0.39 is 0 Å². The molecule has 0 aliphatic rings. The monoisotopic (exact) mass is 765 g/mol. The molecule has 0 atom stereocenters. The molecule has 6 aromatic rings. The number of rotatable bonds is 6. The third-order valence-electron chi connectivity index (χ3n) is 7.70. The van der Waals surface area contributed by atoms with Crippen LogP contribution in [-0.4, -0.2) is 9.97 Å². The van der Waals surface area contributed by atoms with E-state index in [4.69, 9.17) is 0 Å². The number of hydrogen-bond acceptors (Lipinski definition) is 2. The smallest absolute Gasteiger partial charge is 0.0163 e. The third kappa shape index (κ3) is 8.94. The van der Waals surface area contributed by atoms with Gasteiger partial charge in [0.25, 0.3) is 0 Å². The van der Waals surface area contributed by atoms with E-state index in [-0.39, 0.29) is 30.9 Å². The van der Waals surface area contributed by atoms with E-state index in [9.17, 15) is 0 Å². The molecule has 4 aromatic carbocycles. The van der Waals surface area contributed by atoms with E-state index >= 15 is 0 Å². The Morgan fingerprint density at radius 3 is 1.96 bits per heavy atom. The van der Waals surface area contributed by atoms with Crippen LogP contribution in [0.15, 0.2) is 140 Å². The van der Waals surface area contributed by atoms with Crippen LogP contribution in [-0.2, 0) is 31.9 Å². The Hall–Kier alpha value is -4.17. The van der Waals surface area contributed by atoms with E-state index in [1.165, 1.54) is 27.8 Å². The van der Waals surface area contributed by atoms with Crippen molar-refractivity contribution in [2.24, 2.45) is 5.41 Å². The van der Waals surface area contributed by atoms with Crippen LogP contribution in [0, 0.1) is 17.5 Å². The molecule has 0 aliphatic heterocycles. The first-order valence-electron chi connectivity index (χ1n) is 15.2. The topological polar surface area (TPSA) is 25.8 Å². The third-order valence-corrected chi connectivity index (χ3v) is 7.70. The van der Waals surface area contributed by atoms with Gasteiger partial charge in [-0.3, -0.25) is 0 Å². The number of benzene rings is 4. The summed E-state index contributed by atoms with van der Waals surface area (Å²) in [6.07, 6.45) is 4.79. The number of aromatic nitrogens is 2. The maximum absolute atomic E-state index is 4.61.